The number of nitrogens with zero attached hydrogens (tertiary/aromatic N) is 1. The average Bonchev–Trinajstić information content (AvgIpc) is 2.64. The van der Waals surface area contributed by atoms with Gasteiger partial charge in [-0.25, -0.2) is 0 Å². The van der Waals surface area contributed by atoms with Gasteiger partial charge in [0.05, 0.1) is 6.61 Å². The van der Waals surface area contributed by atoms with Crippen molar-refractivity contribution in [2.24, 2.45) is 5.41 Å². The Balaban J connectivity index is 1.61. The number of methoxy groups -OCH3 is 1. The number of carbonyl (C=O) groups is 2. The summed E-state index contributed by atoms with van der Waals surface area (Å²) in [6, 6.07) is 7.82. The maximum atomic E-state index is 12.5. The van der Waals surface area contributed by atoms with Gasteiger partial charge in [0.2, 0.25) is 11.8 Å². The van der Waals surface area contributed by atoms with Gasteiger partial charge in [-0.05, 0) is 44.0 Å². The van der Waals surface area contributed by atoms with Crippen molar-refractivity contribution in [3.05, 3.63) is 29.8 Å². The molecule has 136 valence electrons. The lowest BCUT2D eigenvalue weighted by Gasteiger charge is -2.37. The third kappa shape index (κ3) is 4.19. The van der Waals surface area contributed by atoms with Crippen LogP contribution in [-0.2, 0) is 20.7 Å². The number of aryl methyl sites for hydroxylation is 1. The third-order valence-electron chi connectivity index (χ3n) is 5.27. The lowest BCUT2D eigenvalue weighted by molar-refractivity contribution is -0.124. The largest absolute Gasteiger partial charge is 0.384 e. The van der Waals surface area contributed by atoms with Gasteiger partial charge in [-0.15, -0.1) is 0 Å². The van der Waals surface area contributed by atoms with Gasteiger partial charge < -0.3 is 20.3 Å². The van der Waals surface area contributed by atoms with Crippen molar-refractivity contribution in [1.29, 1.82) is 0 Å². The Kier molecular flexibility index (Phi) is 5.71. The summed E-state index contributed by atoms with van der Waals surface area (Å²) in [7, 11) is 1.70. The number of fused-ring (bicyclic) bond motifs is 1. The number of amides is 2. The summed E-state index contributed by atoms with van der Waals surface area (Å²) in [6.07, 6.45) is 3.17. The van der Waals surface area contributed by atoms with Gasteiger partial charge in [0.1, 0.15) is 6.54 Å². The number of hydrogen-bond acceptors (Lipinski definition) is 4. The highest BCUT2D eigenvalue weighted by atomic mass is 16.5. The van der Waals surface area contributed by atoms with Gasteiger partial charge in [0, 0.05) is 31.2 Å². The summed E-state index contributed by atoms with van der Waals surface area (Å²) in [6.45, 7) is 3.19. The number of rotatable bonds is 6. The van der Waals surface area contributed by atoms with E-state index in [0.717, 1.165) is 43.6 Å². The molecule has 6 nitrogen and oxygen atoms in total. The first-order valence-corrected chi connectivity index (χ1v) is 8.98. The van der Waals surface area contributed by atoms with Crippen molar-refractivity contribution in [2.75, 3.05) is 44.8 Å². The number of ether oxygens (including phenoxy) is 1. The van der Waals surface area contributed by atoms with Gasteiger partial charge in [0.15, 0.2) is 0 Å². The monoisotopic (exact) mass is 345 g/mol. The molecule has 1 aromatic carbocycles. The first kappa shape index (κ1) is 17.9. The van der Waals surface area contributed by atoms with Crippen LogP contribution in [0.3, 0.4) is 0 Å². The second-order valence-corrected chi connectivity index (χ2v) is 7.07. The molecule has 0 spiro atoms. The van der Waals surface area contributed by atoms with Crippen LogP contribution in [0.2, 0.25) is 0 Å². The maximum absolute atomic E-state index is 12.5. The summed E-state index contributed by atoms with van der Waals surface area (Å²) in [4.78, 5) is 26.4. The lowest BCUT2D eigenvalue weighted by Crippen LogP contribution is -2.49. The summed E-state index contributed by atoms with van der Waals surface area (Å²) < 4.78 is 5.39. The van der Waals surface area contributed by atoms with E-state index >= 15 is 0 Å². The van der Waals surface area contributed by atoms with Crippen LogP contribution in [0.25, 0.3) is 0 Å². The van der Waals surface area contributed by atoms with E-state index in [2.05, 4.69) is 10.6 Å². The van der Waals surface area contributed by atoms with Crippen LogP contribution in [0.15, 0.2) is 24.3 Å². The van der Waals surface area contributed by atoms with Crippen LogP contribution in [0, 0.1) is 5.41 Å². The van der Waals surface area contributed by atoms with E-state index in [9.17, 15) is 9.59 Å². The predicted molar refractivity (Wildman–Crippen MR) is 96.5 cm³/mol. The molecule has 3 rings (SSSR count). The topological polar surface area (TPSA) is 70.7 Å². The molecule has 0 unspecified atom stereocenters. The van der Waals surface area contributed by atoms with Crippen molar-refractivity contribution < 1.29 is 14.3 Å². The first-order valence-electron chi connectivity index (χ1n) is 8.98. The Morgan fingerprint density at radius 1 is 1.28 bits per heavy atom. The highest BCUT2D eigenvalue weighted by Gasteiger charge is 2.33. The Morgan fingerprint density at radius 3 is 2.80 bits per heavy atom. The third-order valence-corrected chi connectivity index (χ3v) is 5.27. The molecular weight excluding hydrogens is 318 g/mol. The van der Waals surface area contributed by atoms with Gasteiger partial charge in [0.25, 0.3) is 0 Å². The molecule has 1 fully saturated rings. The molecule has 1 saturated heterocycles. The molecule has 6 heteroatoms. The van der Waals surface area contributed by atoms with Crippen molar-refractivity contribution in [2.45, 2.75) is 25.7 Å². The van der Waals surface area contributed by atoms with Crippen molar-refractivity contribution >= 4 is 17.5 Å². The second-order valence-electron chi connectivity index (χ2n) is 7.07. The number of para-hydroxylation sites is 1. The molecule has 0 atom stereocenters. The second kappa shape index (κ2) is 7.97. The number of carbonyl (C=O) groups excluding carboxylic acids is 2. The molecule has 0 aromatic heterocycles. The summed E-state index contributed by atoms with van der Waals surface area (Å²) in [5.41, 5.74) is 1.98. The van der Waals surface area contributed by atoms with Crippen LogP contribution in [0.5, 0.6) is 0 Å². The zero-order valence-electron chi connectivity index (χ0n) is 14.8. The molecule has 0 bridgehead atoms. The molecule has 0 saturated carbocycles. The van der Waals surface area contributed by atoms with Gasteiger partial charge in [-0.1, -0.05) is 18.2 Å². The number of hydrogen-bond donors (Lipinski definition) is 2. The summed E-state index contributed by atoms with van der Waals surface area (Å²) in [5.74, 6) is -0.0959. The highest BCUT2D eigenvalue weighted by Crippen LogP contribution is 2.29. The Labute approximate surface area is 148 Å². The van der Waals surface area contributed by atoms with E-state index in [-0.39, 0.29) is 23.8 Å². The smallest absolute Gasteiger partial charge is 0.240 e. The molecular formula is C19H27N3O3. The summed E-state index contributed by atoms with van der Waals surface area (Å²) >= 11 is 0. The number of benzene rings is 1. The normalized spacial score (nSPS) is 19.4. The fourth-order valence-corrected chi connectivity index (χ4v) is 3.79. The SMILES string of the molecule is COCC1(CNC(=O)CN2C(=O)CCc3ccccc32)CCNCC1. The van der Waals surface area contributed by atoms with E-state index in [0.29, 0.717) is 19.6 Å². The molecule has 0 aliphatic carbocycles. The van der Waals surface area contributed by atoms with Crippen molar-refractivity contribution in [3.8, 4) is 0 Å². The molecule has 2 heterocycles. The van der Waals surface area contributed by atoms with Crippen LogP contribution >= 0.6 is 0 Å². The van der Waals surface area contributed by atoms with E-state index in [4.69, 9.17) is 4.74 Å². The molecule has 2 aliphatic heterocycles. The van der Waals surface area contributed by atoms with E-state index in [1.165, 1.54) is 0 Å². The maximum Gasteiger partial charge on any atom is 0.240 e. The van der Waals surface area contributed by atoms with E-state index < -0.39 is 0 Å². The summed E-state index contributed by atoms with van der Waals surface area (Å²) in [5, 5.41) is 6.38. The van der Waals surface area contributed by atoms with Gasteiger partial charge in [-0.2, -0.15) is 0 Å². The van der Waals surface area contributed by atoms with E-state index in [1.807, 2.05) is 24.3 Å². The van der Waals surface area contributed by atoms with Crippen molar-refractivity contribution in [3.63, 3.8) is 0 Å². The van der Waals surface area contributed by atoms with Crippen molar-refractivity contribution in [1.82, 2.24) is 10.6 Å². The first-order chi connectivity index (χ1) is 12.1. The molecule has 1 aromatic rings. The molecule has 2 N–H and O–H groups in total. The number of anilines is 1. The van der Waals surface area contributed by atoms with Crippen LogP contribution in [-0.4, -0.2) is 51.7 Å². The zero-order chi connectivity index (χ0) is 17.7. The minimum absolute atomic E-state index is 0.0144. The molecule has 2 aliphatic rings. The fraction of sp³-hybridized carbons (Fsp3) is 0.579. The highest BCUT2D eigenvalue weighted by molar-refractivity contribution is 6.00. The minimum atomic E-state index is -0.112. The fourth-order valence-electron chi connectivity index (χ4n) is 3.79. The zero-order valence-corrected chi connectivity index (χ0v) is 14.8. The Morgan fingerprint density at radius 2 is 2.04 bits per heavy atom. The van der Waals surface area contributed by atoms with Gasteiger partial charge >= 0.3 is 0 Å². The molecule has 0 radical (unpaired) electrons. The molecule has 25 heavy (non-hydrogen) atoms. The standard InChI is InChI=1S/C19H27N3O3/c1-25-14-19(8-10-20-11-9-19)13-21-17(23)12-22-16-5-3-2-4-15(16)6-7-18(22)24/h2-5,20H,6-14H2,1H3,(H,21,23). The van der Waals surface area contributed by atoms with Gasteiger partial charge in [-0.3, -0.25) is 9.59 Å². The Bertz CT molecular complexity index is 621. The van der Waals surface area contributed by atoms with Crippen LogP contribution < -0.4 is 15.5 Å². The van der Waals surface area contributed by atoms with Crippen LogP contribution in [0.1, 0.15) is 24.8 Å². The van der Waals surface area contributed by atoms with Crippen LogP contribution in [0.4, 0.5) is 5.69 Å². The average molecular weight is 345 g/mol. The Hall–Kier alpha value is -1.92. The predicted octanol–water partition coefficient (Wildman–Crippen LogP) is 1.10. The number of piperidine rings is 1. The molecule has 2 amide bonds. The number of nitrogens with one attached hydrogen (secondary N) is 2. The lowest BCUT2D eigenvalue weighted by atomic mass is 9.79. The quantitative estimate of drug-likeness (QED) is 0.810. The van der Waals surface area contributed by atoms with E-state index in [1.54, 1.807) is 12.0 Å². The minimum Gasteiger partial charge on any atom is -0.384 e.